The van der Waals surface area contributed by atoms with Crippen molar-refractivity contribution >= 4 is 35.5 Å². The van der Waals surface area contributed by atoms with Crippen LogP contribution in [0.4, 0.5) is 0 Å². The minimum absolute atomic E-state index is 0.237. The second-order valence-electron chi connectivity index (χ2n) is 6.75. The Morgan fingerprint density at radius 2 is 1.59 bits per heavy atom. The summed E-state index contributed by atoms with van der Waals surface area (Å²) < 4.78 is 5.50. The molecule has 4 rings (SSSR count). The Morgan fingerprint density at radius 1 is 0.966 bits per heavy atom. The minimum atomic E-state index is -0.675. The standard InChI is InChI=1S/C21H18N2O5S/c24-18(10-23-20(26)14-8-4-5-9-15(14)21(23)27)28-17-12-29-11-16(17)22-19(25)13-6-2-1-3-7-13/h1-9,16-17H,10-12H2,(H,22,25)/t16-,17-/m1/s1. The molecule has 148 valence electrons. The number of thioether (sulfide) groups is 1. The smallest absolute Gasteiger partial charge is 0.326 e. The summed E-state index contributed by atoms with van der Waals surface area (Å²) in [4.78, 5) is 50.4. The second kappa shape index (κ2) is 8.08. The van der Waals surface area contributed by atoms with Gasteiger partial charge in [0.25, 0.3) is 17.7 Å². The van der Waals surface area contributed by atoms with Crippen molar-refractivity contribution in [1.82, 2.24) is 10.2 Å². The topological polar surface area (TPSA) is 92.8 Å². The lowest BCUT2D eigenvalue weighted by Gasteiger charge is -2.22. The fourth-order valence-corrected chi connectivity index (χ4v) is 4.57. The predicted molar refractivity (Wildman–Crippen MR) is 107 cm³/mol. The lowest BCUT2D eigenvalue weighted by molar-refractivity contribution is -0.149. The third-order valence-electron chi connectivity index (χ3n) is 4.83. The third kappa shape index (κ3) is 3.88. The van der Waals surface area contributed by atoms with Crippen LogP contribution >= 0.6 is 11.8 Å². The van der Waals surface area contributed by atoms with Crippen LogP contribution in [-0.4, -0.2) is 58.8 Å². The molecule has 1 fully saturated rings. The molecule has 2 aromatic rings. The van der Waals surface area contributed by atoms with Crippen LogP contribution in [0.15, 0.2) is 54.6 Å². The number of carbonyl (C=O) groups excluding carboxylic acids is 4. The molecule has 0 radical (unpaired) electrons. The molecule has 0 unspecified atom stereocenters. The van der Waals surface area contributed by atoms with Gasteiger partial charge in [-0.1, -0.05) is 30.3 Å². The summed E-state index contributed by atoms with van der Waals surface area (Å²) >= 11 is 1.56. The Hall–Kier alpha value is -3.13. The van der Waals surface area contributed by atoms with Gasteiger partial charge in [-0.25, -0.2) is 0 Å². The van der Waals surface area contributed by atoms with E-state index in [2.05, 4.69) is 5.32 Å². The van der Waals surface area contributed by atoms with E-state index in [4.69, 9.17) is 4.74 Å². The van der Waals surface area contributed by atoms with Gasteiger partial charge in [-0.15, -0.1) is 0 Å². The monoisotopic (exact) mass is 410 g/mol. The Kier molecular flexibility index (Phi) is 5.35. The molecule has 1 saturated heterocycles. The van der Waals surface area contributed by atoms with Gasteiger partial charge in [0.2, 0.25) is 0 Å². The highest BCUT2D eigenvalue weighted by atomic mass is 32.2. The van der Waals surface area contributed by atoms with Crippen LogP contribution in [0.2, 0.25) is 0 Å². The van der Waals surface area contributed by atoms with Crippen LogP contribution in [-0.2, 0) is 9.53 Å². The van der Waals surface area contributed by atoms with Crippen molar-refractivity contribution in [2.45, 2.75) is 12.1 Å². The summed E-state index contributed by atoms with van der Waals surface area (Å²) in [5.41, 5.74) is 1.10. The molecule has 2 heterocycles. The van der Waals surface area contributed by atoms with Crippen LogP contribution in [0.3, 0.4) is 0 Å². The van der Waals surface area contributed by atoms with Crippen molar-refractivity contribution in [3.63, 3.8) is 0 Å². The van der Waals surface area contributed by atoms with Crippen molar-refractivity contribution in [1.29, 1.82) is 0 Å². The highest BCUT2D eigenvalue weighted by Crippen LogP contribution is 2.24. The number of carbonyl (C=O) groups is 4. The van der Waals surface area contributed by atoms with E-state index in [1.807, 2.05) is 6.07 Å². The third-order valence-corrected chi connectivity index (χ3v) is 5.99. The predicted octanol–water partition coefficient (Wildman–Crippen LogP) is 1.74. The lowest BCUT2D eigenvalue weighted by Crippen LogP contribution is -2.46. The molecule has 0 spiro atoms. The van der Waals surface area contributed by atoms with E-state index < -0.39 is 30.4 Å². The molecule has 8 heteroatoms. The van der Waals surface area contributed by atoms with E-state index in [1.54, 1.807) is 60.3 Å². The molecule has 2 aliphatic rings. The van der Waals surface area contributed by atoms with Gasteiger partial charge in [-0.2, -0.15) is 11.8 Å². The van der Waals surface area contributed by atoms with Crippen molar-refractivity contribution in [2.75, 3.05) is 18.1 Å². The fraction of sp³-hybridized carbons (Fsp3) is 0.238. The van der Waals surface area contributed by atoms with Gasteiger partial charge >= 0.3 is 5.97 Å². The Balaban J connectivity index is 1.36. The zero-order valence-corrected chi connectivity index (χ0v) is 16.2. The zero-order chi connectivity index (χ0) is 20.4. The van der Waals surface area contributed by atoms with Gasteiger partial charge in [-0.05, 0) is 24.3 Å². The zero-order valence-electron chi connectivity index (χ0n) is 15.4. The molecule has 0 aromatic heterocycles. The average molecular weight is 410 g/mol. The molecule has 0 bridgehead atoms. The Morgan fingerprint density at radius 3 is 2.24 bits per heavy atom. The fourth-order valence-electron chi connectivity index (χ4n) is 3.34. The van der Waals surface area contributed by atoms with Crippen LogP contribution in [0.25, 0.3) is 0 Å². The van der Waals surface area contributed by atoms with Crippen molar-refractivity contribution in [3.8, 4) is 0 Å². The molecule has 2 atom stereocenters. The van der Waals surface area contributed by atoms with Gasteiger partial charge in [-0.3, -0.25) is 24.1 Å². The van der Waals surface area contributed by atoms with Gasteiger partial charge in [0.15, 0.2) is 0 Å². The maximum Gasteiger partial charge on any atom is 0.326 e. The lowest BCUT2D eigenvalue weighted by atomic mass is 10.1. The highest BCUT2D eigenvalue weighted by molar-refractivity contribution is 7.99. The summed E-state index contributed by atoms with van der Waals surface area (Å²) in [5, 5.41) is 2.89. The maximum absolute atomic E-state index is 12.4. The van der Waals surface area contributed by atoms with E-state index >= 15 is 0 Å². The molecule has 1 N–H and O–H groups in total. The maximum atomic E-state index is 12.4. The molecule has 7 nitrogen and oxygen atoms in total. The number of nitrogens with zero attached hydrogens (tertiary/aromatic N) is 1. The molecule has 3 amide bonds. The van der Waals surface area contributed by atoms with Crippen molar-refractivity contribution in [2.24, 2.45) is 0 Å². The summed E-state index contributed by atoms with van der Waals surface area (Å²) in [7, 11) is 0. The van der Waals surface area contributed by atoms with Crippen LogP contribution in [0.1, 0.15) is 31.1 Å². The van der Waals surface area contributed by atoms with E-state index in [1.165, 1.54) is 0 Å². The molecular weight excluding hydrogens is 392 g/mol. The number of rotatable bonds is 5. The first-order valence-corrected chi connectivity index (χ1v) is 10.3. The largest absolute Gasteiger partial charge is 0.458 e. The minimum Gasteiger partial charge on any atom is -0.458 e. The summed E-state index contributed by atoms with van der Waals surface area (Å²) in [6.07, 6.45) is -0.518. The number of hydrogen-bond acceptors (Lipinski definition) is 6. The number of ether oxygens (including phenoxy) is 1. The number of amides is 3. The van der Waals surface area contributed by atoms with E-state index in [0.717, 1.165) is 4.90 Å². The molecule has 0 saturated carbocycles. The van der Waals surface area contributed by atoms with E-state index in [0.29, 0.717) is 17.1 Å². The molecule has 0 aliphatic carbocycles. The number of benzene rings is 2. The number of fused-ring (bicyclic) bond motifs is 1. The van der Waals surface area contributed by atoms with Crippen LogP contribution in [0.5, 0.6) is 0 Å². The second-order valence-corrected chi connectivity index (χ2v) is 7.83. The van der Waals surface area contributed by atoms with Crippen LogP contribution < -0.4 is 5.32 Å². The Labute approximate surface area is 171 Å². The summed E-state index contributed by atoms with van der Waals surface area (Å²) in [6.45, 7) is -0.452. The van der Waals surface area contributed by atoms with Gasteiger partial charge in [0.1, 0.15) is 12.6 Å². The number of hydrogen-bond donors (Lipinski definition) is 1. The Bertz CT molecular complexity index is 943. The first kappa shape index (κ1) is 19.2. The van der Waals surface area contributed by atoms with Gasteiger partial charge in [0, 0.05) is 17.1 Å². The van der Waals surface area contributed by atoms with Crippen LogP contribution in [0, 0.1) is 0 Å². The summed E-state index contributed by atoms with van der Waals surface area (Å²) in [5.74, 6) is -0.767. The molecular formula is C21H18N2O5S. The van der Waals surface area contributed by atoms with Crippen molar-refractivity contribution in [3.05, 3.63) is 71.3 Å². The van der Waals surface area contributed by atoms with Gasteiger partial charge in [0.05, 0.1) is 17.2 Å². The molecule has 2 aliphatic heterocycles. The van der Waals surface area contributed by atoms with Gasteiger partial charge < -0.3 is 10.1 Å². The molecule has 29 heavy (non-hydrogen) atoms. The SMILES string of the molecule is O=C(CN1C(=O)c2ccccc2C1=O)O[C@@H]1CSC[C@H]1NC(=O)c1ccccc1. The molecule has 2 aromatic carbocycles. The average Bonchev–Trinajstić information content (AvgIpc) is 3.26. The van der Waals surface area contributed by atoms with E-state index in [9.17, 15) is 19.2 Å². The number of imide groups is 1. The highest BCUT2D eigenvalue weighted by Gasteiger charge is 2.38. The quantitative estimate of drug-likeness (QED) is 0.596. The first-order chi connectivity index (χ1) is 14.0. The number of esters is 1. The van der Waals surface area contributed by atoms with Crippen molar-refractivity contribution < 1.29 is 23.9 Å². The van der Waals surface area contributed by atoms with E-state index in [-0.39, 0.29) is 23.1 Å². The normalized spacial score (nSPS) is 20.5. The number of nitrogens with one attached hydrogen (secondary N) is 1. The summed E-state index contributed by atoms with van der Waals surface area (Å²) in [6, 6.07) is 14.9. The first-order valence-electron chi connectivity index (χ1n) is 9.13.